The number of aromatic nitrogens is 4. The monoisotopic (exact) mass is 425 g/mol. The highest BCUT2D eigenvalue weighted by atomic mass is 19.4. The molecule has 160 valence electrons. The molecule has 4 heterocycles. The Kier molecular flexibility index (Phi) is 5.05. The maximum absolute atomic E-state index is 13.6. The zero-order valence-corrected chi connectivity index (χ0v) is 15.9. The predicted octanol–water partition coefficient (Wildman–Crippen LogP) is 1.72. The van der Waals surface area contributed by atoms with Crippen molar-refractivity contribution in [2.45, 2.75) is 19.1 Å². The van der Waals surface area contributed by atoms with Crippen LogP contribution in [0.15, 0.2) is 12.3 Å². The van der Waals surface area contributed by atoms with Crippen molar-refractivity contribution in [3.05, 3.63) is 18.0 Å². The van der Waals surface area contributed by atoms with Crippen molar-refractivity contribution in [3.8, 4) is 11.3 Å². The van der Waals surface area contributed by atoms with Crippen LogP contribution in [0.5, 0.6) is 0 Å². The van der Waals surface area contributed by atoms with Crippen molar-refractivity contribution in [1.29, 1.82) is 0 Å². The van der Waals surface area contributed by atoms with E-state index in [1.165, 1.54) is 11.0 Å². The molecule has 1 amide bonds. The molecule has 0 bridgehead atoms. The Labute approximate surface area is 168 Å². The molecule has 2 fully saturated rings. The van der Waals surface area contributed by atoms with E-state index in [0.29, 0.717) is 26.3 Å². The molecule has 2 N–H and O–H groups in total. The van der Waals surface area contributed by atoms with E-state index < -0.39 is 23.9 Å². The SMILES string of the molecule is C[C@H]1COC(=O)N1c1cc(-c2cnc(N)nc2C(F)(F)F)nc(N2CCOCC2)n1. The molecule has 0 radical (unpaired) electrons. The molecular weight excluding hydrogens is 407 g/mol. The molecule has 0 aliphatic carbocycles. The predicted molar refractivity (Wildman–Crippen MR) is 98.8 cm³/mol. The van der Waals surface area contributed by atoms with Gasteiger partial charge in [0.15, 0.2) is 5.69 Å². The first-order valence-corrected chi connectivity index (χ1v) is 9.12. The summed E-state index contributed by atoms with van der Waals surface area (Å²) in [7, 11) is 0. The van der Waals surface area contributed by atoms with Gasteiger partial charge in [0.2, 0.25) is 11.9 Å². The smallest absolute Gasteiger partial charge is 0.434 e. The second kappa shape index (κ2) is 7.55. The molecule has 0 saturated carbocycles. The van der Waals surface area contributed by atoms with Gasteiger partial charge in [-0.25, -0.2) is 19.7 Å². The van der Waals surface area contributed by atoms with Crippen LogP contribution in [0.25, 0.3) is 11.3 Å². The van der Waals surface area contributed by atoms with Gasteiger partial charge in [-0.2, -0.15) is 18.2 Å². The quantitative estimate of drug-likeness (QED) is 0.784. The number of rotatable bonds is 3. The maximum Gasteiger partial charge on any atom is 0.434 e. The van der Waals surface area contributed by atoms with E-state index in [-0.39, 0.29) is 35.7 Å². The second-order valence-corrected chi connectivity index (χ2v) is 6.79. The summed E-state index contributed by atoms with van der Waals surface area (Å²) in [5.41, 5.74) is 3.70. The molecule has 30 heavy (non-hydrogen) atoms. The summed E-state index contributed by atoms with van der Waals surface area (Å²) in [5, 5.41) is 0. The van der Waals surface area contributed by atoms with Gasteiger partial charge in [-0.3, -0.25) is 4.90 Å². The average Bonchev–Trinajstić information content (AvgIpc) is 3.05. The standard InChI is InChI=1S/C17H18F3N7O3/c1-9-8-30-16(28)27(9)12-6-11(23-15(24-12)26-2-4-29-5-3-26)10-7-22-14(21)25-13(10)17(18,19)20/h6-7,9H,2-5,8H2,1H3,(H2,21,22,25)/t9-/m0/s1. The number of hydrogen-bond acceptors (Lipinski definition) is 9. The van der Waals surface area contributed by atoms with Crippen LogP contribution in [-0.4, -0.2) is 65.0 Å². The minimum absolute atomic E-state index is 0.0827. The lowest BCUT2D eigenvalue weighted by Gasteiger charge is -2.28. The maximum atomic E-state index is 13.6. The number of amides is 1. The van der Waals surface area contributed by atoms with Crippen molar-refractivity contribution in [3.63, 3.8) is 0 Å². The molecule has 10 nitrogen and oxygen atoms in total. The van der Waals surface area contributed by atoms with Gasteiger partial charge in [0.1, 0.15) is 12.4 Å². The van der Waals surface area contributed by atoms with Gasteiger partial charge in [-0.05, 0) is 6.92 Å². The molecule has 0 spiro atoms. The van der Waals surface area contributed by atoms with Crippen LogP contribution in [0.3, 0.4) is 0 Å². The van der Waals surface area contributed by atoms with Crippen LogP contribution in [-0.2, 0) is 15.7 Å². The Morgan fingerprint density at radius 1 is 1.20 bits per heavy atom. The van der Waals surface area contributed by atoms with E-state index in [1.807, 2.05) is 0 Å². The summed E-state index contributed by atoms with van der Waals surface area (Å²) < 4.78 is 51.1. The molecular formula is C17H18F3N7O3. The minimum atomic E-state index is -4.78. The van der Waals surface area contributed by atoms with Crippen LogP contribution in [0.1, 0.15) is 12.6 Å². The normalized spacial score (nSPS) is 19.9. The lowest BCUT2D eigenvalue weighted by atomic mass is 10.1. The highest BCUT2D eigenvalue weighted by Crippen LogP contribution is 2.37. The third-order valence-corrected chi connectivity index (χ3v) is 4.68. The third kappa shape index (κ3) is 3.79. The van der Waals surface area contributed by atoms with Crippen LogP contribution in [0.2, 0.25) is 0 Å². The first kappa shape index (κ1) is 20.1. The van der Waals surface area contributed by atoms with E-state index in [1.54, 1.807) is 11.8 Å². The van der Waals surface area contributed by atoms with Gasteiger partial charge in [-0.15, -0.1) is 0 Å². The Morgan fingerprint density at radius 2 is 1.93 bits per heavy atom. The summed E-state index contributed by atoms with van der Waals surface area (Å²) in [5.74, 6) is -0.213. The zero-order chi connectivity index (χ0) is 21.5. The Hall–Kier alpha value is -3.22. The summed E-state index contributed by atoms with van der Waals surface area (Å²) in [6.45, 7) is 3.63. The highest BCUT2D eigenvalue weighted by molar-refractivity contribution is 5.90. The van der Waals surface area contributed by atoms with Crippen molar-refractivity contribution in [2.75, 3.05) is 48.4 Å². The molecule has 4 rings (SSSR count). The van der Waals surface area contributed by atoms with Crippen molar-refractivity contribution < 1.29 is 27.4 Å². The Bertz CT molecular complexity index is 966. The molecule has 2 aromatic heterocycles. The minimum Gasteiger partial charge on any atom is -0.447 e. The average molecular weight is 425 g/mol. The van der Waals surface area contributed by atoms with Crippen LogP contribution in [0.4, 0.5) is 35.7 Å². The van der Waals surface area contributed by atoms with E-state index in [2.05, 4.69) is 19.9 Å². The fourth-order valence-corrected chi connectivity index (χ4v) is 3.22. The van der Waals surface area contributed by atoms with E-state index in [9.17, 15) is 18.0 Å². The fraction of sp³-hybridized carbons (Fsp3) is 0.471. The molecule has 2 aliphatic heterocycles. The molecule has 2 aromatic rings. The van der Waals surface area contributed by atoms with Gasteiger partial charge < -0.3 is 20.1 Å². The number of nitrogen functional groups attached to an aromatic ring is 1. The number of carbonyl (C=O) groups excluding carboxylic acids is 1. The fourth-order valence-electron chi connectivity index (χ4n) is 3.22. The summed E-state index contributed by atoms with van der Waals surface area (Å²) in [6, 6.07) is 0.944. The number of anilines is 3. The number of ether oxygens (including phenoxy) is 2. The van der Waals surface area contributed by atoms with Gasteiger partial charge in [-0.1, -0.05) is 0 Å². The van der Waals surface area contributed by atoms with E-state index in [0.717, 1.165) is 6.20 Å². The molecule has 2 saturated heterocycles. The highest BCUT2D eigenvalue weighted by Gasteiger charge is 2.38. The summed E-state index contributed by atoms with van der Waals surface area (Å²) >= 11 is 0. The summed E-state index contributed by atoms with van der Waals surface area (Å²) in [4.78, 5) is 31.0. The van der Waals surface area contributed by atoms with Crippen LogP contribution < -0.4 is 15.5 Å². The Balaban J connectivity index is 1.87. The first-order valence-electron chi connectivity index (χ1n) is 9.12. The number of morpholine rings is 1. The van der Waals surface area contributed by atoms with Crippen molar-refractivity contribution >= 4 is 23.8 Å². The molecule has 0 aromatic carbocycles. The lowest BCUT2D eigenvalue weighted by Crippen LogP contribution is -2.38. The lowest BCUT2D eigenvalue weighted by molar-refractivity contribution is -0.140. The number of hydrogen-bond donors (Lipinski definition) is 1. The Morgan fingerprint density at radius 3 is 2.57 bits per heavy atom. The van der Waals surface area contributed by atoms with Gasteiger partial charge in [0, 0.05) is 30.9 Å². The molecule has 0 unspecified atom stereocenters. The summed E-state index contributed by atoms with van der Waals surface area (Å²) in [6.07, 6.45) is -4.45. The van der Waals surface area contributed by atoms with Gasteiger partial charge >= 0.3 is 12.3 Å². The van der Waals surface area contributed by atoms with Crippen molar-refractivity contribution in [1.82, 2.24) is 19.9 Å². The largest absolute Gasteiger partial charge is 0.447 e. The second-order valence-electron chi connectivity index (χ2n) is 6.79. The third-order valence-electron chi connectivity index (χ3n) is 4.68. The van der Waals surface area contributed by atoms with E-state index >= 15 is 0 Å². The number of carbonyl (C=O) groups is 1. The topological polar surface area (TPSA) is 120 Å². The molecule has 2 aliphatic rings. The van der Waals surface area contributed by atoms with Crippen LogP contribution in [0, 0.1) is 0 Å². The first-order chi connectivity index (χ1) is 14.2. The number of nitrogens with two attached hydrogens (primary N) is 1. The number of nitrogens with zero attached hydrogens (tertiary/aromatic N) is 6. The van der Waals surface area contributed by atoms with Gasteiger partial charge in [0.05, 0.1) is 24.9 Å². The van der Waals surface area contributed by atoms with Crippen LogP contribution >= 0.6 is 0 Å². The van der Waals surface area contributed by atoms with Gasteiger partial charge in [0.25, 0.3) is 0 Å². The molecule has 13 heteroatoms. The number of alkyl halides is 3. The van der Waals surface area contributed by atoms with Crippen molar-refractivity contribution in [2.24, 2.45) is 0 Å². The zero-order valence-electron chi connectivity index (χ0n) is 15.9. The van der Waals surface area contributed by atoms with E-state index in [4.69, 9.17) is 15.2 Å². The number of halogens is 3. The number of cyclic esters (lactones) is 1. The molecule has 1 atom stereocenters.